The van der Waals surface area contributed by atoms with E-state index in [0.717, 1.165) is 18.9 Å². The maximum Gasteiger partial charge on any atom is 0.358 e. The molecular weight excluding hydrogens is 242 g/mol. The molecule has 0 radical (unpaired) electrons. The van der Waals surface area contributed by atoms with Crippen molar-refractivity contribution in [2.45, 2.75) is 33.1 Å². The summed E-state index contributed by atoms with van der Waals surface area (Å²) in [6.07, 6.45) is 6.69. The van der Waals surface area contributed by atoms with Crippen molar-refractivity contribution in [3.05, 3.63) is 18.1 Å². The third-order valence-electron chi connectivity index (χ3n) is 4.18. The SMILES string of the molecule is CCC1(C)CCN(c2cnc(C(=O)OC)cn2)CC1. The zero-order valence-electron chi connectivity index (χ0n) is 11.8. The fraction of sp³-hybridized carbons (Fsp3) is 0.643. The molecule has 1 saturated heterocycles. The van der Waals surface area contributed by atoms with E-state index in [-0.39, 0.29) is 5.69 Å². The van der Waals surface area contributed by atoms with Gasteiger partial charge in [0.15, 0.2) is 5.69 Å². The molecule has 104 valence electrons. The minimum atomic E-state index is -0.448. The van der Waals surface area contributed by atoms with Crippen molar-refractivity contribution in [1.29, 1.82) is 0 Å². The number of esters is 1. The summed E-state index contributed by atoms with van der Waals surface area (Å²) in [6, 6.07) is 0. The van der Waals surface area contributed by atoms with Crippen molar-refractivity contribution < 1.29 is 9.53 Å². The summed E-state index contributed by atoms with van der Waals surface area (Å²) in [5, 5.41) is 0. The first-order valence-corrected chi connectivity index (χ1v) is 6.73. The number of methoxy groups -OCH3 is 1. The summed E-state index contributed by atoms with van der Waals surface area (Å²) < 4.78 is 4.61. The molecule has 1 aromatic rings. The minimum Gasteiger partial charge on any atom is -0.464 e. The molecule has 2 heterocycles. The number of carbonyl (C=O) groups is 1. The summed E-state index contributed by atoms with van der Waals surface area (Å²) in [4.78, 5) is 21.9. The predicted molar refractivity (Wildman–Crippen MR) is 73.2 cm³/mol. The van der Waals surface area contributed by atoms with Crippen molar-refractivity contribution in [3.8, 4) is 0 Å². The van der Waals surface area contributed by atoms with Crippen LogP contribution in [0.4, 0.5) is 5.82 Å². The van der Waals surface area contributed by atoms with Crippen LogP contribution in [-0.4, -0.2) is 36.1 Å². The third-order valence-corrected chi connectivity index (χ3v) is 4.18. The van der Waals surface area contributed by atoms with Gasteiger partial charge < -0.3 is 9.64 Å². The number of ether oxygens (including phenoxy) is 1. The Morgan fingerprint density at radius 3 is 2.53 bits per heavy atom. The van der Waals surface area contributed by atoms with E-state index in [0.29, 0.717) is 5.41 Å². The zero-order chi connectivity index (χ0) is 13.9. The number of anilines is 1. The lowest BCUT2D eigenvalue weighted by Crippen LogP contribution is -2.38. The number of rotatable bonds is 3. The Labute approximate surface area is 114 Å². The maximum absolute atomic E-state index is 11.3. The Morgan fingerprint density at radius 2 is 2.05 bits per heavy atom. The van der Waals surface area contributed by atoms with Gasteiger partial charge in [-0.25, -0.2) is 14.8 Å². The van der Waals surface area contributed by atoms with Crippen molar-refractivity contribution >= 4 is 11.8 Å². The first-order chi connectivity index (χ1) is 9.08. The Hall–Kier alpha value is -1.65. The van der Waals surface area contributed by atoms with Gasteiger partial charge in [0.05, 0.1) is 19.5 Å². The fourth-order valence-corrected chi connectivity index (χ4v) is 2.32. The van der Waals surface area contributed by atoms with Gasteiger partial charge in [0.2, 0.25) is 0 Å². The highest BCUT2D eigenvalue weighted by Crippen LogP contribution is 2.34. The fourth-order valence-electron chi connectivity index (χ4n) is 2.32. The maximum atomic E-state index is 11.3. The predicted octanol–water partition coefficient (Wildman–Crippen LogP) is 2.28. The molecule has 1 aliphatic heterocycles. The smallest absolute Gasteiger partial charge is 0.358 e. The molecule has 0 N–H and O–H groups in total. The Morgan fingerprint density at radius 1 is 1.37 bits per heavy atom. The number of carbonyl (C=O) groups excluding carboxylic acids is 1. The third kappa shape index (κ3) is 3.03. The molecule has 1 aliphatic rings. The van der Waals surface area contributed by atoms with Crippen LogP contribution in [0.2, 0.25) is 0 Å². The van der Waals surface area contributed by atoms with Gasteiger partial charge in [0.1, 0.15) is 5.82 Å². The number of piperidine rings is 1. The largest absolute Gasteiger partial charge is 0.464 e. The molecule has 5 nitrogen and oxygen atoms in total. The molecule has 19 heavy (non-hydrogen) atoms. The van der Waals surface area contributed by atoms with Crippen molar-refractivity contribution in [2.24, 2.45) is 5.41 Å². The summed E-state index contributed by atoms with van der Waals surface area (Å²) in [5.74, 6) is 0.391. The van der Waals surface area contributed by atoms with E-state index in [1.54, 1.807) is 6.20 Å². The number of hydrogen-bond acceptors (Lipinski definition) is 5. The zero-order valence-corrected chi connectivity index (χ0v) is 11.8. The lowest BCUT2D eigenvalue weighted by molar-refractivity contribution is 0.0593. The van der Waals surface area contributed by atoms with Crippen LogP contribution >= 0.6 is 0 Å². The molecule has 2 rings (SSSR count). The van der Waals surface area contributed by atoms with E-state index in [1.807, 2.05) is 0 Å². The van der Waals surface area contributed by atoms with Crippen LogP contribution in [0.1, 0.15) is 43.6 Å². The molecule has 0 atom stereocenters. The molecule has 0 saturated carbocycles. The quantitative estimate of drug-likeness (QED) is 0.783. The molecule has 0 aliphatic carbocycles. The normalized spacial score (nSPS) is 18.2. The van der Waals surface area contributed by atoms with Crippen molar-refractivity contribution in [1.82, 2.24) is 9.97 Å². The summed E-state index contributed by atoms with van der Waals surface area (Å²) in [6.45, 7) is 6.59. The van der Waals surface area contributed by atoms with Crippen LogP contribution in [-0.2, 0) is 4.74 Å². The van der Waals surface area contributed by atoms with Gasteiger partial charge in [-0.15, -0.1) is 0 Å². The first-order valence-electron chi connectivity index (χ1n) is 6.73. The van der Waals surface area contributed by atoms with E-state index < -0.39 is 5.97 Å². The molecule has 1 aromatic heterocycles. The molecule has 0 spiro atoms. The Bertz CT molecular complexity index is 437. The second-order valence-electron chi connectivity index (χ2n) is 5.40. The van der Waals surface area contributed by atoms with Gasteiger partial charge in [-0.3, -0.25) is 0 Å². The highest BCUT2D eigenvalue weighted by Gasteiger charge is 2.28. The number of nitrogens with zero attached hydrogens (tertiary/aromatic N) is 3. The van der Waals surface area contributed by atoms with Gasteiger partial charge in [-0.2, -0.15) is 0 Å². The van der Waals surface area contributed by atoms with E-state index in [9.17, 15) is 4.79 Å². The molecule has 5 heteroatoms. The monoisotopic (exact) mass is 263 g/mol. The number of hydrogen-bond donors (Lipinski definition) is 0. The van der Waals surface area contributed by atoms with Crippen LogP contribution in [0.5, 0.6) is 0 Å². The summed E-state index contributed by atoms with van der Waals surface area (Å²) in [7, 11) is 1.34. The minimum absolute atomic E-state index is 0.252. The van der Waals surface area contributed by atoms with Crippen molar-refractivity contribution in [3.63, 3.8) is 0 Å². The highest BCUT2D eigenvalue weighted by atomic mass is 16.5. The second-order valence-corrected chi connectivity index (χ2v) is 5.40. The first kappa shape index (κ1) is 13.8. The van der Waals surface area contributed by atoms with E-state index in [4.69, 9.17) is 0 Å². The van der Waals surface area contributed by atoms with Gasteiger partial charge in [0, 0.05) is 13.1 Å². The van der Waals surface area contributed by atoms with Crippen LogP contribution in [0.25, 0.3) is 0 Å². The topological polar surface area (TPSA) is 55.3 Å². The van der Waals surface area contributed by atoms with Gasteiger partial charge in [-0.05, 0) is 18.3 Å². The lowest BCUT2D eigenvalue weighted by Gasteiger charge is -2.39. The van der Waals surface area contributed by atoms with Crippen LogP contribution in [0.15, 0.2) is 12.4 Å². The molecule has 0 unspecified atom stereocenters. The molecule has 1 fully saturated rings. The molecule has 0 amide bonds. The highest BCUT2D eigenvalue weighted by molar-refractivity contribution is 5.86. The summed E-state index contributed by atoms with van der Waals surface area (Å²) in [5.41, 5.74) is 0.706. The lowest BCUT2D eigenvalue weighted by atomic mass is 9.78. The van der Waals surface area contributed by atoms with Crippen LogP contribution in [0, 0.1) is 5.41 Å². The van der Waals surface area contributed by atoms with Gasteiger partial charge in [0.25, 0.3) is 0 Å². The van der Waals surface area contributed by atoms with Crippen LogP contribution < -0.4 is 4.90 Å². The van der Waals surface area contributed by atoms with E-state index >= 15 is 0 Å². The van der Waals surface area contributed by atoms with Gasteiger partial charge in [-0.1, -0.05) is 20.3 Å². The van der Waals surface area contributed by atoms with E-state index in [2.05, 4.69) is 33.5 Å². The van der Waals surface area contributed by atoms with Gasteiger partial charge >= 0.3 is 5.97 Å². The van der Waals surface area contributed by atoms with Crippen LogP contribution in [0.3, 0.4) is 0 Å². The average Bonchev–Trinajstić information content (AvgIpc) is 2.47. The average molecular weight is 263 g/mol. The number of aromatic nitrogens is 2. The Kier molecular flexibility index (Phi) is 4.02. The molecular formula is C14H21N3O2. The standard InChI is InChI=1S/C14H21N3O2/c1-4-14(2)5-7-17(8-6-14)12-10-15-11(9-16-12)13(18)19-3/h9-10H,4-8H2,1-3H3. The summed E-state index contributed by atoms with van der Waals surface area (Å²) >= 11 is 0. The van der Waals surface area contributed by atoms with E-state index in [1.165, 1.54) is 32.6 Å². The molecule has 0 bridgehead atoms. The Balaban J connectivity index is 2.02. The second kappa shape index (κ2) is 5.55. The van der Waals surface area contributed by atoms with Crippen molar-refractivity contribution in [2.75, 3.05) is 25.1 Å². The molecule has 0 aromatic carbocycles.